The first-order valence-corrected chi connectivity index (χ1v) is 8.39. The van der Waals surface area contributed by atoms with E-state index in [1.165, 1.54) is 5.56 Å². The van der Waals surface area contributed by atoms with E-state index in [9.17, 15) is 0 Å². The van der Waals surface area contributed by atoms with Crippen LogP contribution in [-0.2, 0) is 12.8 Å². The van der Waals surface area contributed by atoms with Crippen LogP contribution in [-0.4, -0.2) is 53.2 Å². The third-order valence-electron chi connectivity index (χ3n) is 4.04. The Hall–Kier alpha value is -2.44. The second kappa shape index (κ2) is 6.98. The monoisotopic (exact) mass is 327 g/mol. The Morgan fingerprint density at radius 3 is 2.58 bits per heavy atom. The normalized spacial score (nSPS) is 14.3. The summed E-state index contributed by atoms with van der Waals surface area (Å²) < 4.78 is 0. The Morgan fingerprint density at radius 1 is 1.12 bits per heavy atom. The number of rotatable bonds is 4. The zero-order valence-electron chi connectivity index (χ0n) is 14.8. The van der Waals surface area contributed by atoms with E-state index in [2.05, 4.69) is 38.9 Å². The molecule has 0 aromatic carbocycles. The lowest BCUT2D eigenvalue weighted by atomic mass is 10.1. The molecule has 7 nitrogen and oxygen atoms in total. The van der Waals surface area contributed by atoms with Crippen LogP contribution >= 0.6 is 0 Å². The van der Waals surface area contributed by atoms with Crippen LogP contribution in [0.15, 0.2) is 18.6 Å². The number of aromatic nitrogens is 4. The second-order valence-corrected chi connectivity index (χ2v) is 6.54. The minimum Gasteiger partial charge on any atom is -0.362 e. The summed E-state index contributed by atoms with van der Waals surface area (Å²) in [4.78, 5) is 22.4. The summed E-state index contributed by atoms with van der Waals surface area (Å²) in [5, 5.41) is 3.33. The zero-order valence-corrected chi connectivity index (χ0v) is 14.8. The Labute approximate surface area is 143 Å². The quantitative estimate of drug-likeness (QED) is 0.917. The second-order valence-electron chi connectivity index (χ2n) is 6.54. The third kappa shape index (κ3) is 3.55. The largest absolute Gasteiger partial charge is 0.362 e. The Bertz CT molecular complexity index is 685. The highest BCUT2D eigenvalue weighted by Gasteiger charge is 2.22. The van der Waals surface area contributed by atoms with Gasteiger partial charge in [-0.3, -0.25) is 4.98 Å². The van der Waals surface area contributed by atoms with Crippen molar-refractivity contribution in [3.05, 3.63) is 29.8 Å². The van der Waals surface area contributed by atoms with E-state index in [1.807, 2.05) is 20.3 Å². The van der Waals surface area contributed by atoms with Gasteiger partial charge in [0.1, 0.15) is 11.6 Å². The third-order valence-corrected chi connectivity index (χ3v) is 4.04. The van der Waals surface area contributed by atoms with Gasteiger partial charge in [-0.2, -0.15) is 4.98 Å². The lowest BCUT2D eigenvalue weighted by Gasteiger charge is -2.21. The summed E-state index contributed by atoms with van der Waals surface area (Å²) in [6, 6.07) is 0.305. The predicted octanol–water partition coefficient (Wildman–Crippen LogP) is 1.76. The first-order valence-electron chi connectivity index (χ1n) is 8.39. The van der Waals surface area contributed by atoms with E-state index in [0.717, 1.165) is 43.3 Å². The van der Waals surface area contributed by atoms with Crippen LogP contribution in [0.4, 0.5) is 17.6 Å². The van der Waals surface area contributed by atoms with Crippen LogP contribution < -0.4 is 15.1 Å². The lowest BCUT2D eigenvalue weighted by Crippen LogP contribution is -2.27. The molecule has 1 aliphatic heterocycles. The highest BCUT2D eigenvalue weighted by molar-refractivity contribution is 5.53. The molecule has 0 bridgehead atoms. The molecule has 3 heterocycles. The molecule has 0 aliphatic carbocycles. The molecule has 2 aromatic rings. The summed E-state index contributed by atoms with van der Waals surface area (Å²) in [5.74, 6) is 2.63. The number of nitrogens with zero attached hydrogens (tertiary/aromatic N) is 6. The summed E-state index contributed by atoms with van der Waals surface area (Å²) in [6.45, 7) is 5.98. The maximum Gasteiger partial charge on any atom is 0.225 e. The van der Waals surface area contributed by atoms with E-state index in [4.69, 9.17) is 9.97 Å². The lowest BCUT2D eigenvalue weighted by molar-refractivity contribution is 0.783. The molecule has 0 spiro atoms. The minimum absolute atomic E-state index is 0.305. The van der Waals surface area contributed by atoms with Crippen LogP contribution in [0.3, 0.4) is 0 Å². The highest BCUT2D eigenvalue weighted by atomic mass is 15.2. The van der Waals surface area contributed by atoms with E-state index < -0.39 is 0 Å². The highest BCUT2D eigenvalue weighted by Crippen LogP contribution is 2.26. The van der Waals surface area contributed by atoms with Gasteiger partial charge in [-0.15, -0.1) is 0 Å². The molecule has 0 radical (unpaired) electrons. The molecule has 24 heavy (non-hydrogen) atoms. The van der Waals surface area contributed by atoms with Crippen molar-refractivity contribution in [3.63, 3.8) is 0 Å². The fourth-order valence-electron chi connectivity index (χ4n) is 2.96. The maximum atomic E-state index is 4.77. The van der Waals surface area contributed by atoms with Crippen LogP contribution in [0.2, 0.25) is 0 Å². The molecular weight excluding hydrogens is 302 g/mol. The first kappa shape index (κ1) is 16.4. The Morgan fingerprint density at radius 2 is 1.92 bits per heavy atom. The summed E-state index contributed by atoms with van der Waals surface area (Å²) in [6.07, 6.45) is 7.04. The van der Waals surface area contributed by atoms with E-state index in [0.29, 0.717) is 12.0 Å². The van der Waals surface area contributed by atoms with Crippen molar-refractivity contribution in [1.82, 2.24) is 19.9 Å². The topological polar surface area (TPSA) is 70.1 Å². The average Bonchev–Trinajstić information content (AvgIpc) is 2.77. The molecule has 7 heteroatoms. The molecule has 0 saturated carbocycles. The predicted molar refractivity (Wildman–Crippen MR) is 96.8 cm³/mol. The molecule has 0 saturated heterocycles. The molecule has 0 atom stereocenters. The van der Waals surface area contributed by atoms with Crippen LogP contribution in [0.5, 0.6) is 0 Å². The van der Waals surface area contributed by atoms with Gasteiger partial charge >= 0.3 is 0 Å². The number of nitrogens with one attached hydrogen (secondary N) is 1. The van der Waals surface area contributed by atoms with E-state index in [-0.39, 0.29) is 0 Å². The van der Waals surface area contributed by atoms with Gasteiger partial charge in [0.05, 0.1) is 11.9 Å². The van der Waals surface area contributed by atoms with Crippen molar-refractivity contribution in [3.8, 4) is 0 Å². The molecule has 1 aliphatic rings. The van der Waals surface area contributed by atoms with Gasteiger partial charge in [0.15, 0.2) is 0 Å². The van der Waals surface area contributed by atoms with Crippen molar-refractivity contribution >= 4 is 17.6 Å². The molecule has 0 amide bonds. The van der Waals surface area contributed by atoms with Crippen LogP contribution in [0.25, 0.3) is 0 Å². The van der Waals surface area contributed by atoms with Gasteiger partial charge < -0.3 is 15.1 Å². The molecular formula is C17H25N7. The molecule has 1 N–H and O–H groups in total. The Kier molecular flexibility index (Phi) is 4.78. The van der Waals surface area contributed by atoms with Crippen molar-refractivity contribution < 1.29 is 0 Å². The van der Waals surface area contributed by atoms with Crippen molar-refractivity contribution in [2.75, 3.05) is 42.3 Å². The Balaban J connectivity index is 1.90. The number of fused-ring (bicyclic) bond motifs is 1. The minimum atomic E-state index is 0.305. The van der Waals surface area contributed by atoms with Gasteiger partial charge in [0.2, 0.25) is 5.95 Å². The van der Waals surface area contributed by atoms with E-state index >= 15 is 0 Å². The number of hydrogen-bond acceptors (Lipinski definition) is 7. The van der Waals surface area contributed by atoms with E-state index in [1.54, 1.807) is 12.4 Å². The standard InChI is InChI=1S/C17H25N7/c1-12(2)20-17-21-14-6-10-24(15-11-18-7-8-19-15)9-5-13(14)16(22-17)23(3)4/h7-8,11-12H,5-6,9-10H2,1-4H3,(H,20,21,22). The summed E-state index contributed by atoms with van der Waals surface area (Å²) in [5.41, 5.74) is 2.36. The molecule has 3 rings (SSSR count). The molecule has 2 aromatic heterocycles. The molecule has 0 fully saturated rings. The van der Waals surface area contributed by atoms with Crippen molar-refractivity contribution in [1.29, 1.82) is 0 Å². The van der Waals surface area contributed by atoms with Crippen molar-refractivity contribution in [2.24, 2.45) is 0 Å². The smallest absolute Gasteiger partial charge is 0.225 e. The zero-order chi connectivity index (χ0) is 17.1. The first-order chi connectivity index (χ1) is 11.5. The molecule has 128 valence electrons. The van der Waals surface area contributed by atoms with Gasteiger partial charge in [0.25, 0.3) is 0 Å². The summed E-state index contributed by atoms with van der Waals surface area (Å²) in [7, 11) is 4.07. The summed E-state index contributed by atoms with van der Waals surface area (Å²) >= 11 is 0. The van der Waals surface area contributed by atoms with Gasteiger partial charge in [0, 0.05) is 57.6 Å². The fraction of sp³-hybridized carbons (Fsp3) is 0.529. The number of hydrogen-bond donors (Lipinski definition) is 1. The van der Waals surface area contributed by atoms with Gasteiger partial charge in [-0.1, -0.05) is 0 Å². The maximum absolute atomic E-state index is 4.77. The van der Waals surface area contributed by atoms with Crippen molar-refractivity contribution in [2.45, 2.75) is 32.7 Å². The SMILES string of the molecule is CC(C)Nc1nc2c(c(N(C)C)n1)CCN(c1cnccn1)CC2. The number of anilines is 3. The molecule has 0 unspecified atom stereocenters. The van der Waals surface area contributed by atoms with Gasteiger partial charge in [-0.05, 0) is 20.3 Å². The van der Waals surface area contributed by atoms with Gasteiger partial charge in [-0.25, -0.2) is 9.97 Å². The average molecular weight is 327 g/mol. The fourth-order valence-corrected chi connectivity index (χ4v) is 2.96. The van der Waals surface area contributed by atoms with Crippen LogP contribution in [0, 0.1) is 0 Å². The van der Waals surface area contributed by atoms with Crippen LogP contribution in [0.1, 0.15) is 25.1 Å².